The summed E-state index contributed by atoms with van der Waals surface area (Å²) in [7, 11) is 0. The Kier molecular flexibility index (Phi) is 5.90. The normalized spacial score (nSPS) is 11.0. The number of hydrogen-bond donors (Lipinski definition) is 0. The molecule has 0 bridgehead atoms. The lowest BCUT2D eigenvalue weighted by molar-refractivity contribution is -0.384. The molecule has 0 aliphatic rings. The number of thioether (sulfide) groups is 1. The van der Waals surface area contributed by atoms with Crippen LogP contribution in [0, 0.1) is 10.1 Å². The van der Waals surface area contributed by atoms with Crippen LogP contribution >= 0.6 is 11.8 Å². The van der Waals surface area contributed by atoms with E-state index in [4.69, 9.17) is 4.74 Å². The van der Waals surface area contributed by atoms with Crippen molar-refractivity contribution in [2.45, 2.75) is 26.4 Å². The first-order valence-corrected chi connectivity index (χ1v) is 7.42. The fourth-order valence-corrected chi connectivity index (χ4v) is 2.15. The van der Waals surface area contributed by atoms with Crippen molar-refractivity contribution >= 4 is 29.2 Å². The van der Waals surface area contributed by atoms with Gasteiger partial charge in [0.1, 0.15) is 5.60 Å². The molecule has 0 heterocycles. The molecule has 6 nitrogen and oxygen atoms in total. The molecule has 0 fully saturated rings. The summed E-state index contributed by atoms with van der Waals surface area (Å²) < 4.78 is 5.12. The zero-order valence-electron chi connectivity index (χ0n) is 12.1. The van der Waals surface area contributed by atoms with Gasteiger partial charge in [-0.25, -0.2) is 0 Å². The molecule has 1 aromatic rings. The van der Waals surface area contributed by atoms with Gasteiger partial charge in [0, 0.05) is 17.7 Å². The van der Waals surface area contributed by atoms with Crippen LogP contribution in [-0.2, 0) is 9.53 Å². The first kappa shape index (κ1) is 17.2. The number of ether oxygens (including phenoxy) is 1. The van der Waals surface area contributed by atoms with Gasteiger partial charge in [0.15, 0.2) is 5.78 Å². The van der Waals surface area contributed by atoms with Crippen LogP contribution in [0.2, 0.25) is 0 Å². The SMILES string of the molecule is CC(C)(C)OC(=O)CSCC(=O)c1cccc([N+](=O)[O-])c1. The predicted molar refractivity (Wildman–Crippen MR) is 80.6 cm³/mol. The third-order valence-corrected chi connectivity index (χ3v) is 3.16. The maximum absolute atomic E-state index is 11.9. The van der Waals surface area contributed by atoms with Gasteiger partial charge in [0.25, 0.3) is 5.69 Å². The van der Waals surface area contributed by atoms with Gasteiger partial charge < -0.3 is 4.74 Å². The second-order valence-electron chi connectivity index (χ2n) is 5.31. The highest BCUT2D eigenvalue weighted by Crippen LogP contribution is 2.16. The Hall–Kier alpha value is -1.89. The molecular weight excluding hydrogens is 294 g/mol. The van der Waals surface area contributed by atoms with Crippen LogP contribution in [-0.4, -0.2) is 33.8 Å². The van der Waals surface area contributed by atoms with E-state index < -0.39 is 10.5 Å². The van der Waals surface area contributed by atoms with Crippen molar-refractivity contribution in [3.63, 3.8) is 0 Å². The van der Waals surface area contributed by atoms with E-state index in [0.29, 0.717) is 0 Å². The molecule has 0 radical (unpaired) electrons. The number of carbonyl (C=O) groups excluding carboxylic acids is 2. The molecule has 0 N–H and O–H groups in total. The average molecular weight is 311 g/mol. The summed E-state index contributed by atoms with van der Waals surface area (Å²) in [4.78, 5) is 33.5. The monoisotopic (exact) mass is 311 g/mol. The molecule has 0 aliphatic carbocycles. The van der Waals surface area contributed by atoms with Gasteiger partial charge in [0.05, 0.1) is 16.4 Å². The molecule has 0 unspecified atom stereocenters. The molecule has 0 amide bonds. The average Bonchev–Trinajstić information content (AvgIpc) is 2.36. The van der Waals surface area contributed by atoms with Crippen molar-refractivity contribution in [1.29, 1.82) is 0 Å². The number of non-ortho nitro benzene ring substituents is 1. The molecule has 0 saturated carbocycles. The summed E-state index contributed by atoms with van der Waals surface area (Å²) in [5.74, 6) is -0.509. The largest absolute Gasteiger partial charge is 0.459 e. The number of carbonyl (C=O) groups is 2. The number of nitro benzene ring substituents is 1. The zero-order valence-corrected chi connectivity index (χ0v) is 12.9. The summed E-state index contributed by atoms with van der Waals surface area (Å²) in [6.07, 6.45) is 0. The van der Waals surface area contributed by atoms with Gasteiger partial charge in [-0.3, -0.25) is 19.7 Å². The highest BCUT2D eigenvalue weighted by molar-refractivity contribution is 8.00. The van der Waals surface area contributed by atoms with E-state index in [1.807, 2.05) is 0 Å². The molecule has 0 aliphatic heterocycles. The molecule has 114 valence electrons. The summed E-state index contributed by atoms with van der Waals surface area (Å²) >= 11 is 1.13. The van der Waals surface area contributed by atoms with Crippen molar-refractivity contribution in [3.05, 3.63) is 39.9 Å². The Morgan fingerprint density at radius 2 is 1.95 bits per heavy atom. The van der Waals surface area contributed by atoms with Crippen molar-refractivity contribution in [3.8, 4) is 0 Å². The molecule has 0 atom stereocenters. The third-order valence-electron chi connectivity index (χ3n) is 2.25. The van der Waals surface area contributed by atoms with Crippen LogP contribution in [0.25, 0.3) is 0 Å². The van der Waals surface area contributed by atoms with E-state index in [1.165, 1.54) is 24.3 Å². The minimum Gasteiger partial charge on any atom is -0.459 e. The zero-order chi connectivity index (χ0) is 16.0. The molecule has 0 spiro atoms. The van der Waals surface area contributed by atoms with E-state index in [0.717, 1.165) is 11.8 Å². The fraction of sp³-hybridized carbons (Fsp3) is 0.429. The van der Waals surface area contributed by atoms with Crippen LogP contribution in [0.5, 0.6) is 0 Å². The number of nitrogens with zero attached hydrogens (tertiary/aromatic N) is 1. The first-order chi connectivity index (χ1) is 9.69. The van der Waals surface area contributed by atoms with Gasteiger partial charge in [-0.1, -0.05) is 12.1 Å². The lowest BCUT2D eigenvalue weighted by atomic mass is 10.1. The summed E-state index contributed by atoms with van der Waals surface area (Å²) in [5, 5.41) is 10.6. The predicted octanol–water partition coefficient (Wildman–Crippen LogP) is 2.85. The molecule has 1 rings (SSSR count). The van der Waals surface area contributed by atoms with Crippen LogP contribution in [0.1, 0.15) is 31.1 Å². The number of ketones is 1. The van der Waals surface area contributed by atoms with Gasteiger partial charge in [-0.05, 0) is 20.8 Å². The van der Waals surface area contributed by atoms with Crippen molar-refractivity contribution in [2.75, 3.05) is 11.5 Å². The van der Waals surface area contributed by atoms with Gasteiger partial charge in [-0.15, -0.1) is 11.8 Å². The van der Waals surface area contributed by atoms with E-state index in [1.54, 1.807) is 20.8 Å². The van der Waals surface area contributed by atoms with E-state index in [-0.39, 0.29) is 34.5 Å². The van der Waals surface area contributed by atoms with Crippen LogP contribution in [0.15, 0.2) is 24.3 Å². The minimum absolute atomic E-state index is 0.0674. The molecule has 0 saturated heterocycles. The number of nitro groups is 1. The Balaban J connectivity index is 2.49. The molecule has 7 heteroatoms. The first-order valence-electron chi connectivity index (χ1n) is 6.26. The topological polar surface area (TPSA) is 86.5 Å². The second-order valence-corrected chi connectivity index (χ2v) is 6.30. The maximum Gasteiger partial charge on any atom is 0.316 e. The van der Waals surface area contributed by atoms with Gasteiger partial charge in [0.2, 0.25) is 0 Å². The lowest BCUT2D eigenvalue weighted by Gasteiger charge is -2.19. The van der Waals surface area contributed by atoms with E-state index in [9.17, 15) is 19.7 Å². The van der Waals surface area contributed by atoms with Crippen LogP contribution in [0.4, 0.5) is 5.69 Å². The molecule has 1 aromatic carbocycles. The minimum atomic E-state index is -0.554. The summed E-state index contributed by atoms with van der Waals surface area (Å²) in [5.41, 5.74) is -0.416. The highest BCUT2D eigenvalue weighted by Gasteiger charge is 2.17. The van der Waals surface area contributed by atoms with Crippen molar-refractivity contribution in [1.82, 2.24) is 0 Å². The van der Waals surface area contributed by atoms with E-state index >= 15 is 0 Å². The number of hydrogen-bond acceptors (Lipinski definition) is 6. The smallest absolute Gasteiger partial charge is 0.316 e. The molecule has 0 aromatic heterocycles. The Bertz CT molecular complexity index is 551. The van der Waals surface area contributed by atoms with Gasteiger partial charge >= 0.3 is 5.97 Å². The maximum atomic E-state index is 11.9. The Labute approximate surface area is 127 Å². The van der Waals surface area contributed by atoms with Crippen LogP contribution < -0.4 is 0 Å². The quantitative estimate of drug-likeness (QED) is 0.347. The third kappa shape index (κ3) is 6.40. The number of rotatable bonds is 6. The standard InChI is InChI=1S/C14H17NO5S/c1-14(2,3)20-13(17)9-21-8-12(16)10-5-4-6-11(7-10)15(18)19/h4-7H,8-9H2,1-3H3. The number of esters is 1. The second kappa shape index (κ2) is 7.21. The number of benzene rings is 1. The van der Waals surface area contributed by atoms with Crippen LogP contribution in [0.3, 0.4) is 0 Å². The number of Topliss-reactive ketones (excluding diaryl/α,β-unsaturated/α-hetero) is 1. The van der Waals surface area contributed by atoms with Gasteiger partial charge in [-0.2, -0.15) is 0 Å². The van der Waals surface area contributed by atoms with Crippen molar-refractivity contribution < 1.29 is 19.2 Å². The molecular formula is C14H17NO5S. The lowest BCUT2D eigenvalue weighted by Crippen LogP contribution is -2.25. The summed E-state index contributed by atoms with van der Waals surface area (Å²) in [6.45, 7) is 5.30. The summed E-state index contributed by atoms with van der Waals surface area (Å²) in [6, 6.07) is 5.54. The highest BCUT2D eigenvalue weighted by atomic mass is 32.2. The van der Waals surface area contributed by atoms with E-state index in [2.05, 4.69) is 0 Å². The fourth-order valence-electron chi connectivity index (χ4n) is 1.47. The Morgan fingerprint density at radius 1 is 1.29 bits per heavy atom. The Morgan fingerprint density at radius 3 is 2.52 bits per heavy atom. The van der Waals surface area contributed by atoms with Crippen molar-refractivity contribution in [2.24, 2.45) is 0 Å². The molecule has 21 heavy (non-hydrogen) atoms.